The molecule has 1 aromatic heterocycles. The van der Waals surface area contributed by atoms with Crippen LogP contribution in [-0.2, 0) is 24.7 Å². The van der Waals surface area contributed by atoms with Crippen LogP contribution in [0.1, 0.15) is 47.3 Å². The molecule has 5 heteroatoms. The van der Waals surface area contributed by atoms with Crippen LogP contribution in [0, 0.1) is 12.8 Å². The average Bonchev–Trinajstić information content (AvgIpc) is 3.58. The van der Waals surface area contributed by atoms with Crippen LogP contribution in [0.5, 0.6) is 5.75 Å². The zero-order chi connectivity index (χ0) is 22.4. The summed E-state index contributed by atoms with van der Waals surface area (Å²) in [5.74, 6) is 1.09. The maximum absolute atomic E-state index is 12.7. The summed E-state index contributed by atoms with van der Waals surface area (Å²) in [6.45, 7) is 4.25. The van der Waals surface area contributed by atoms with Crippen molar-refractivity contribution in [1.29, 1.82) is 0 Å². The Morgan fingerprint density at radius 3 is 2.70 bits per heavy atom. The van der Waals surface area contributed by atoms with Crippen molar-refractivity contribution in [3.05, 3.63) is 76.6 Å². The van der Waals surface area contributed by atoms with Gasteiger partial charge in [0.05, 0.1) is 17.0 Å². The van der Waals surface area contributed by atoms with Crippen molar-refractivity contribution < 1.29 is 10.2 Å². The lowest BCUT2D eigenvalue weighted by molar-refractivity contribution is -0.152. The van der Waals surface area contributed by atoms with Crippen LogP contribution in [0.15, 0.2) is 48.5 Å². The second-order valence-electron chi connectivity index (χ2n) is 10.9. The minimum absolute atomic E-state index is 0.108. The number of rotatable bonds is 3. The predicted octanol–water partition coefficient (Wildman–Crippen LogP) is 3.69. The van der Waals surface area contributed by atoms with Gasteiger partial charge < -0.3 is 10.2 Å². The minimum Gasteiger partial charge on any atom is -0.508 e. The Balaban J connectivity index is 1.40. The molecule has 1 aliphatic heterocycles. The number of aliphatic hydroxyl groups is 1. The van der Waals surface area contributed by atoms with Gasteiger partial charge in [0.1, 0.15) is 5.75 Å². The first-order valence-corrected chi connectivity index (χ1v) is 12.4. The molecule has 2 heterocycles. The highest BCUT2D eigenvalue weighted by molar-refractivity contribution is 5.53. The lowest BCUT2D eigenvalue weighted by Gasteiger charge is -2.63. The molecule has 2 bridgehead atoms. The second-order valence-corrected chi connectivity index (χ2v) is 10.9. The number of phenols is 1. The number of phenolic OH excluding ortho intramolecular Hbond substituents is 1. The van der Waals surface area contributed by atoms with E-state index in [1.165, 1.54) is 24.0 Å². The standard InChI is InChI=1S/C28H31N3O2/c1-18-23-15-28(33)26-13-20-9-10-22(32)14-24(20)27(28,11-12-30(26)17-19-7-8-19)16-25(23)29-31(18)21-5-3-2-4-6-21/h2-6,9-10,14,19,26,32-33H,7-8,11-13,15-17H2,1H3/t26-,27-,28-/m1/s1. The Labute approximate surface area is 194 Å². The van der Waals surface area contributed by atoms with E-state index in [9.17, 15) is 10.2 Å². The van der Waals surface area contributed by atoms with Gasteiger partial charge in [-0.05, 0) is 86.0 Å². The fraction of sp³-hybridized carbons (Fsp3) is 0.464. The number of benzene rings is 2. The highest BCUT2D eigenvalue weighted by Crippen LogP contribution is 2.58. The molecule has 0 radical (unpaired) electrons. The highest BCUT2D eigenvalue weighted by atomic mass is 16.3. The molecule has 170 valence electrons. The zero-order valence-electron chi connectivity index (χ0n) is 19.2. The van der Waals surface area contributed by atoms with Gasteiger partial charge in [-0.1, -0.05) is 24.3 Å². The summed E-state index contributed by atoms with van der Waals surface area (Å²) in [7, 11) is 0. The number of likely N-dealkylation sites (tertiary alicyclic amines) is 1. The van der Waals surface area contributed by atoms with Crippen LogP contribution in [0.25, 0.3) is 5.69 Å². The van der Waals surface area contributed by atoms with Gasteiger partial charge in [0.25, 0.3) is 0 Å². The molecule has 3 aliphatic carbocycles. The molecule has 2 N–H and O–H groups in total. The van der Waals surface area contributed by atoms with Crippen molar-refractivity contribution in [1.82, 2.24) is 14.7 Å². The summed E-state index contributed by atoms with van der Waals surface area (Å²) in [6.07, 6.45) is 5.75. The van der Waals surface area contributed by atoms with Crippen molar-refractivity contribution in [3.8, 4) is 11.4 Å². The van der Waals surface area contributed by atoms with Crippen LogP contribution in [0.2, 0.25) is 0 Å². The van der Waals surface area contributed by atoms with Crippen molar-refractivity contribution in [2.75, 3.05) is 13.1 Å². The predicted molar refractivity (Wildman–Crippen MR) is 127 cm³/mol. The third kappa shape index (κ3) is 2.69. The third-order valence-corrected chi connectivity index (χ3v) is 9.10. The van der Waals surface area contributed by atoms with Crippen molar-refractivity contribution in [2.45, 2.75) is 62.5 Å². The molecule has 2 fully saturated rings. The van der Waals surface area contributed by atoms with E-state index in [0.29, 0.717) is 12.2 Å². The van der Waals surface area contributed by atoms with Gasteiger partial charge in [0.15, 0.2) is 0 Å². The molecule has 1 saturated carbocycles. The molecule has 5 nitrogen and oxygen atoms in total. The Morgan fingerprint density at radius 2 is 1.91 bits per heavy atom. The van der Waals surface area contributed by atoms with E-state index in [1.807, 2.05) is 30.3 Å². The van der Waals surface area contributed by atoms with Crippen LogP contribution in [-0.4, -0.2) is 49.6 Å². The summed E-state index contributed by atoms with van der Waals surface area (Å²) in [6, 6.07) is 16.2. The van der Waals surface area contributed by atoms with E-state index in [0.717, 1.165) is 60.9 Å². The molecule has 2 aromatic carbocycles. The van der Waals surface area contributed by atoms with Gasteiger partial charge in [-0.3, -0.25) is 4.90 Å². The van der Waals surface area contributed by atoms with Crippen LogP contribution < -0.4 is 0 Å². The number of aromatic nitrogens is 2. The summed E-state index contributed by atoms with van der Waals surface area (Å²) in [5, 5.41) is 28.2. The maximum atomic E-state index is 12.7. The van der Waals surface area contributed by atoms with Crippen LogP contribution in [0.4, 0.5) is 0 Å². The lowest BCUT2D eigenvalue weighted by atomic mass is 9.49. The monoisotopic (exact) mass is 441 g/mol. The van der Waals surface area contributed by atoms with E-state index in [2.05, 4.69) is 34.7 Å². The zero-order valence-corrected chi connectivity index (χ0v) is 19.2. The molecule has 0 unspecified atom stereocenters. The molecule has 3 aromatic rings. The van der Waals surface area contributed by atoms with E-state index in [1.54, 1.807) is 0 Å². The minimum atomic E-state index is -0.858. The number of para-hydroxylation sites is 1. The topological polar surface area (TPSA) is 61.5 Å². The smallest absolute Gasteiger partial charge is 0.115 e. The van der Waals surface area contributed by atoms with Crippen LogP contribution in [0.3, 0.4) is 0 Å². The van der Waals surface area contributed by atoms with Gasteiger partial charge in [0, 0.05) is 36.5 Å². The number of aromatic hydroxyl groups is 1. The Bertz CT molecular complexity index is 1250. The summed E-state index contributed by atoms with van der Waals surface area (Å²) < 4.78 is 2.05. The van der Waals surface area contributed by atoms with E-state index in [-0.39, 0.29) is 6.04 Å². The number of hydrogen-bond acceptors (Lipinski definition) is 4. The van der Waals surface area contributed by atoms with Gasteiger partial charge in [-0.25, -0.2) is 4.68 Å². The Morgan fingerprint density at radius 1 is 1.09 bits per heavy atom. The lowest BCUT2D eigenvalue weighted by Crippen LogP contribution is -2.74. The first-order valence-electron chi connectivity index (χ1n) is 12.4. The molecule has 7 rings (SSSR count). The third-order valence-electron chi connectivity index (χ3n) is 9.10. The molecular formula is C28H31N3O2. The Kier molecular flexibility index (Phi) is 4.02. The molecule has 3 atom stereocenters. The molecule has 4 aliphatic rings. The number of piperidine rings is 1. The number of nitrogens with zero attached hydrogens (tertiary/aromatic N) is 3. The SMILES string of the molecule is Cc1c2c(nn1-c1ccccc1)C[C@]13CCN(CC4CC4)[C@H](Cc4ccc(O)cc41)[C@]3(O)C2. The van der Waals surface area contributed by atoms with E-state index < -0.39 is 11.0 Å². The normalized spacial score (nSPS) is 30.4. The average molecular weight is 442 g/mol. The molecule has 1 saturated heterocycles. The summed E-state index contributed by atoms with van der Waals surface area (Å²) in [5.41, 5.74) is 5.67. The fourth-order valence-electron chi connectivity index (χ4n) is 7.20. The first kappa shape index (κ1) is 19.8. The first-order chi connectivity index (χ1) is 16.0. The molecule has 33 heavy (non-hydrogen) atoms. The van der Waals surface area contributed by atoms with E-state index in [4.69, 9.17) is 5.10 Å². The van der Waals surface area contributed by atoms with Crippen molar-refractivity contribution in [2.24, 2.45) is 5.92 Å². The Hall–Kier alpha value is -2.63. The van der Waals surface area contributed by atoms with Crippen molar-refractivity contribution >= 4 is 0 Å². The number of fused-ring (bicyclic) bond motifs is 2. The number of hydrogen-bond donors (Lipinski definition) is 2. The van der Waals surface area contributed by atoms with Crippen molar-refractivity contribution in [3.63, 3.8) is 0 Å². The van der Waals surface area contributed by atoms with E-state index >= 15 is 0 Å². The van der Waals surface area contributed by atoms with Crippen LogP contribution >= 0.6 is 0 Å². The highest BCUT2D eigenvalue weighted by Gasteiger charge is 2.65. The maximum Gasteiger partial charge on any atom is 0.115 e. The van der Waals surface area contributed by atoms with Gasteiger partial charge in [-0.15, -0.1) is 0 Å². The molecular weight excluding hydrogens is 410 g/mol. The summed E-state index contributed by atoms with van der Waals surface area (Å²) in [4.78, 5) is 2.59. The fourth-order valence-corrected chi connectivity index (χ4v) is 7.20. The summed E-state index contributed by atoms with van der Waals surface area (Å²) >= 11 is 0. The molecule has 0 amide bonds. The largest absolute Gasteiger partial charge is 0.508 e. The quantitative estimate of drug-likeness (QED) is 0.651. The van der Waals surface area contributed by atoms with Gasteiger partial charge in [-0.2, -0.15) is 5.10 Å². The molecule has 0 spiro atoms. The van der Waals surface area contributed by atoms with Gasteiger partial charge in [0.2, 0.25) is 0 Å². The van der Waals surface area contributed by atoms with Gasteiger partial charge >= 0.3 is 0 Å². The second kappa shape index (κ2) is 6.71.